The van der Waals surface area contributed by atoms with E-state index in [1.165, 1.54) is 0 Å². The molecule has 3 nitrogen and oxygen atoms in total. The van der Waals surface area contributed by atoms with Crippen LogP contribution in [0.25, 0.3) is 0 Å². The molecule has 0 heterocycles. The van der Waals surface area contributed by atoms with Crippen molar-refractivity contribution in [2.75, 3.05) is 13.2 Å². The van der Waals surface area contributed by atoms with Gasteiger partial charge in [0.25, 0.3) is 0 Å². The lowest BCUT2D eigenvalue weighted by Gasteiger charge is -2.11. The van der Waals surface area contributed by atoms with Crippen LogP contribution < -0.4 is 0 Å². The van der Waals surface area contributed by atoms with Gasteiger partial charge in [-0.3, -0.25) is 4.57 Å². The fourth-order valence-electron chi connectivity index (χ4n) is 0.698. The van der Waals surface area contributed by atoms with Crippen LogP contribution in [0.2, 0.25) is 0 Å². The summed E-state index contributed by atoms with van der Waals surface area (Å²) in [7, 11) is -2.25. The molecule has 0 rings (SSSR count). The number of rotatable bonds is 8. The van der Waals surface area contributed by atoms with E-state index in [1.54, 1.807) is 0 Å². The second-order valence-corrected chi connectivity index (χ2v) is 4.98. The maximum Gasteiger partial charge on any atom is 0.319 e. The van der Waals surface area contributed by atoms with Crippen LogP contribution in [0.15, 0.2) is 0 Å². The summed E-state index contributed by atoms with van der Waals surface area (Å²) >= 11 is 0. The summed E-state index contributed by atoms with van der Waals surface area (Å²) in [6, 6.07) is 0. The van der Waals surface area contributed by atoms with Gasteiger partial charge in [0.05, 0.1) is 13.2 Å². The molecule has 0 N–H and O–H groups in total. The van der Waals surface area contributed by atoms with Gasteiger partial charge in [-0.25, -0.2) is 0 Å². The van der Waals surface area contributed by atoms with E-state index in [2.05, 4.69) is 27.7 Å². The molecular weight excluding hydrogens is 199 g/mol. The van der Waals surface area contributed by atoms with E-state index in [0.29, 0.717) is 25.0 Å². The average molecular weight is 222 g/mol. The lowest BCUT2D eigenvalue weighted by Crippen LogP contribution is -2.03. The molecule has 4 heteroatoms. The van der Waals surface area contributed by atoms with Crippen LogP contribution >= 0.6 is 8.25 Å². The lowest BCUT2D eigenvalue weighted by atomic mass is 10.1. The van der Waals surface area contributed by atoms with Crippen molar-refractivity contribution in [3.05, 3.63) is 0 Å². The molecule has 14 heavy (non-hydrogen) atoms. The predicted octanol–water partition coefficient (Wildman–Crippen LogP) is 3.50. The molecule has 0 aliphatic heterocycles. The summed E-state index contributed by atoms with van der Waals surface area (Å²) in [6.07, 6.45) is 2.08. The highest BCUT2D eigenvalue weighted by molar-refractivity contribution is 7.33. The van der Waals surface area contributed by atoms with Gasteiger partial charge < -0.3 is 9.05 Å². The van der Waals surface area contributed by atoms with Gasteiger partial charge in [-0.05, 0) is 11.8 Å². The molecule has 0 saturated carbocycles. The van der Waals surface area contributed by atoms with Gasteiger partial charge in [0.1, 0.15) is 0 Å². The summed E-state index contributed by atoms with van der Waals surface area (Å²) in [6.45, 7) is 9.40. The van der Waals surface area contributed by atoms with Crippen molar-refractivity contribution in [1.82, 2.24) is 0 Å². The van der Waals surface area contributed by atoms with Gasteiger partial charge in [-0.2, -0.15) is 0 Å². The molecule has 0 aromatic carbocycles. The van der Waals surface area contributed by atoms with Crippen molar-refractivity contribution in [3.63, 3.8) is 0 Å². The van der Waals surface area contributed by atoms with Gasteiger partial charge in [-0.1, -0.05) is 40.5 Å². The molecule has 0 aromatic heterocycles. The van der Waals surface area contributed by atoms with Crippen molar-refractivity contribution in [1.29, 1.82) is 0 Å². The minimum atomic E-state index is -2.25. The van der Waals surface area contributed by atoms with Crippen molar-refractivity contribution < 1.29 is 13.6 Å². The maximum atomic E-state index is 11.2. The highest BCUT2D eigenvalue weighted by Gasteiger charge is 2.06. The Hall–Kier alpha value is 0.150. The number of hydrogen-bond donors (Lipinski definition) is 0. The molecule has 2 unspecified atom stereocenters. The highest BCUT2D eigenvalue weighted by Crippen LogP contribution is 2.26. The third-order valence-electron chi connectivity index (χ3n) is 2.37. The largest absolute Gasteiger partial charge is 0.319 e. The van der Waals surface area contributed by atoms with Crippen molar-refractivity contribution in [3.8, 4) is 0 Å². The van der Waals surface area contributed by atoms with E-state index in [-0.39, 0.29) is 0 Å². The topological polar surface area (TPSA) is 35.5 Å². The SMILES string of the molecule is CCC(C)CO[PH](=O)OCC(C)CC. The first-order valence-corrected chi connectivity index (χ1v) is 6.62. The van der Waals surface area contributed by atoms with Gasteiger partial charge >= 0.3 is 8.25 Å². The van der Waals surface area contributed by atoms with Crippen LogP contribution in [0.5, 0.6) is 0 Å². The summed E-state index contributed by atoms with van der Waals surface area (Å²) in [5.74, 6) is 0.910. The first-order valence-electron chi connectivity index (χ1n) is 5.39. The molecule has 0 aromatic rings. The van der Waals surface area contributed by atoms with Gasteiger partial charge in [-0.15, -0.1) is 0 Å². The molecule has 0 spiro atoms. The van der Waals surface area contributed by atoms with Crippen molar-refractivity contribution in [2.24, 2.45) is 11.8 Å². The van der Waals surface area contributed by atoms with Crippen molar-refractivity contribution in [2.45, 2.75) is 40.5 Å². The molecule has 0 amide bonds. The maximum absolute atomic E-state index is 11.2. The Balaban J connectivity index is 3.46. The third-order valence-corrected chi connectivity index (χ3v) is 3.17. The zero-order valence-electron chi connectivity index (χ0n) is 9.71. The Bertz CT molecular complexity index is 145. The van der Waals surface area contributed by atoms with Crippen LogP contribution in [-0.4, -0.2) is 13.2 Å². The standard InChI is InChI=1S/C10H23O3P/c1-5-9(3)7-12-14(11)13-8-10(4)6-2/h9-10,14H,5-8H2,1-4H3. The molecule has 0 aliphatic rings. The molecule has 86 valence electrons. The molecule has 0 fully saturated rings. The molecule has 0 radical (unpaired) electrons. The van der Waals surface area contributed by atoms with Gasteiger partial charge in [0.2, 0.25) is 0 Å². The molecule has 0 bridgehead atoms. The van der Waals surface area contributed by atoms with Crippen molar-refractivity contribution >= 4 is 8.25 Å². The molecule has 0 saturated heterocycles. The summed E-state index contributed by atoms with van der Waals surface area (Å²) in [5.41, 5.74) is 0. The Morgan fingerprint density at radius 3 is 1.64 bits per heavy atom. The predicted molar refractivity (Wildman–Crippen MR) is 59.8 cm³/mol. The Kier molecular flexibility index (Phi) is 8.55. The van der Waals surface area contributed by atoms with Crippen LogP contribution in [-0.2, 0) is 13.6 Å². The molecule has 2 atom stereocenters. The minimum Gasteiger partial charge on any atom is -0.310 e. The fourth-order valence-corrected chi connectivity index (χ4v) is 1.62. The second-order valence-electron chi connectivity index (χ2n) is 3.90. The summed E-state index contributed by atoms with van der Waals surface area (Å²) < 4.78 is 21.5. The lowest BCUT2D eigenvalue weighted by molar-refractivity contribution is 0.182. The summed E-state index contributed by atoms with van der Waals surface area (Å²) in [5, 5.41) is 0. The van der Waals surface area contributed by atoms with E-state index in [1.807, 2.05) is 0 Å². The first-order chi connectivity index (χ1) is 6.60. The smallest absolute Gasteiger partial charge is 0.310 e. The number of hydrogen-bond acceptors (Lipinski definition) is 3. The van der Waals surface area contributed by atoms with Crippen LogP contribution in [0.3, 0.4) is 0 Å². The minimum absolute atomic E-state index is 0.455. The molecular formula is C10H23O3P. The Morgan fingerprint density at radius 1 is 1.00 bits per heavy atom. The van der Waals surface area contributed by atoms with E-state index in [0.717, 1.165) is 12.8 Å². The second kappa shape index (κ2) is 8.46. The fraction of sp³-hybridized carbons (Fsp3) is 1.00. The van der Waals surface area contributed by atoms with Crippen LogP contribution in [0, 0.1) is 11.8 Å². The Labute approximate surface area is 88.1 Å². The van der Waals surface area contributed by atoms with E-state index in [9.17, 15) is 4.57 Å². The van der Waals surface area contributed by atoms with E-state index >= 15 is 0 Å². The first kappa shape index (κ1) is 14.2. The van der Waals surface area contributed by atoms with E-state index in [4.69, 9.17) is 9.05 Å². The zero-order chi connectivity index (χ0) is 11.0. The van der Waals surface area contributed by atoms with Gasteiger partial charge in [0.15, 0.2) is 0 Å². The third kappa shape index (κ3) is 7.54. The van der Waals surface area contributed by atoms with Gasteiger partial charge in [0, 0.05) is 0 Å². The Morgan fingerprint density at radius 2 is 1.36 bits per heavy atom. The quantitative estimate of drug-likeness (QED) is 0.589. The van der Waals surface area contributed by atoms with Crippen LogP contribution in [0.1, 0.15) is 40.5 Å². The monoisotopic (exact) mass is 222 g/mol. The van der Waals surface area contributed by atoms with E-state index < -0.39 is 8.25 Å². The average Bonchev–Trinajstić information content (AvgIpc) is 2.22. The van der Waals surface area contributed by atoms with Crippen LogP contribution in [0.4, 0.5) is 0 Å². The molecule has 0 aliphatic carbocycles. The normalized spacial score (nSPS) is 17.7. The summed E-state index contributed by atoms with van der Waals surface area (Å²) in [4.78, 5) is 0. The highest BCUT2D eigenvalue weighted by atomic mass is 31.1. The zero-order valence-corrected chi connectivity index (χ0v) is 10.7.